The molecule has 0 aliphatic heterocycles. The summed E-state index contributed by atoms with van der Waals surface area (Å²) in [5.74, 6) is 0.797. The van der Waals surface area contributed by atoms with E-state index in [-0.39, 0.29) is 0 Å². The minimum absolute atomic E-state index is 0.309. The van der Waals surface area contributed by atoms with Crippen molar-refractivity contribution in [2.45, 2.75) is 45.1 Å². The summed E-state index contributed by atoms with van der Waals surface area (Å²) in [4.78, 5) is 2.48. The number of aliphatic hydroxyl groups is 1. The Morgan fingerprint density at radius 3 is 2.53 bits per heavy atom. The molecule has 0 spiro atoms. The van der Waals surface area contributed by atoms with Gasteiger partial charge in [0.15, 0.2) is 0 Å². The molecule has 1 rings (SSSR count). The first-order chi connectivity index (χ1) is 7.27. The van der Waals surface area contributed by atoms with Gasteiger partial charge in [0.05, 0.1) is 6.61 Å². The second-order valence-corrected chi connectivity index (χ2v) is 5.51. The van der Waals surface area contributed by atoms with Gasteiger partial charge in [-0.05, 0) is 38.1 Å². The molecule has 0 heterocycles. The molecular formula is C12H24BrNO. The van der Waals surface area contributed by atoms with Crippen LogP contribution in [0.1, 0.15) is 39.0 Å². The van der Waals surface area contributed by atoms with Crippen LogP contribution in [-0.2, 0) is 0 Å². The highest BCUT2D eigenvalue weighted by Crippen LogP contribution is 2.25. The van der Waals surface area contributed by atoms with Gasteiger partial charge in [0.25, 0.3) is 0 Å². The number of nitrogens with zero attached hydrogens (tertiary/aromatic N) is 1. The molecule has 0 aromatic heterocycles. The number of alkyl halides is 1. The molecule has 0 radical (unpaired) electrons. The Labute approximate surface area is 102 Å². The number of rotatable bonds is 8. The van der Waals surface area contributed by atoms with Crippen LogP contribution in [0.25, 0.3) is 0 Å². The average Bonchev–Trinajstić information content (AvgIpc) is 2.12. The van der Waals surface area contributed by atoms with Crippen LogP contribution in [0.3, 0.4) is 0 Å². The van der Waals surface area contributed by atoms with E-state index in [2.05, 4.69) is 27.8 Å². The minimum Gasteiger partial charge on any atom is -0.395 e. The van der Waals surface area contributed by atoms with Crippen LogP contribution < -0.4 is 0 Å². The standard InChI is InChI=1S/C12H24BrNO/c1-11(5-7-13)6-8-14(9-10-15)12-3-2-4-12/h11-12,15H,2-10H2,1H3. The normalized spacial score (nSPS) is 19.2. The van der Waals surface area contributed by atoms with Gasteiger partial charge in [-0.3, -0.25) is 4.90 Å². The second kappa shape index (κ2) is 7.64. The molecule has 0 bridgehead atoms. The summed E-state index contributed by atoms with van der Waals surface area (Å²) in [5.41, 5.74) is 0. The molecule has 1 fully saturated rings. The molecule has 1 aliphatic carbocycles. The van der Waals surface area contributed by atoms with Crippen LogP contribution in [0, 0.1) is 5.92 Å². The highest BCUT2D eigenvalue weighted by molar-refractivity contribution is 9.09. The van der Waals surface area contributed by atoms with Gasteiger partial charge in [-0.25, -0.2) is 0 Å². The van der Waals surface area contributed by atoms with E-state index in [1.54, 1.807) is 0 Å². The Balaban J connectivity index is 2.18. The lowest BCUT2D eigenvalue weighted by Crippen LogP contribution is -2.42. The van der Waals surface area contributed by atoms with Crippen molar-refractivity contribution in [1.29, 1.82) is 0 Å². The highest BCUT2D eigenvalue weighted by atomic mass is 79.9. The SMILES string of the molecule is CC(CCBr)CCN(CCO)C1CCC1. The zero-order valence-corrected chi connectivity index (χ0v) is 11.4. The smallest absolute Gasteiger partial charge is 0.0558 e. The fraction of sp³-hybridized carbons (Fsp3) is 1.00. The zero-order chi connectivity index (χ0) is 11.1. The molecule has 3 heteroatoms. The molecule has 15 heavy (non-hydrogen) atoms. The van der Waals surface area contributed by atoms with E-state index >= 15 is 0 Å². The first-order valence-corrected chi connectivity index (χ1v) is 7.31. The monoisotopic (exact) mass is 277 g/mol. The predicted molar refractivity (Wildman–Crippen MR) is 68.5 cm³/mol. The molecule has 1 saturated carbocycles. The van der Waals surface area contributed by atoms with E-state index in [1.165, 1.54) is 38.6 Å². The van der Waals surface area contributed by atoms with Crippen molar-refractivity contribution in [3.63, 3.8) is 0 Å². The largest absolute Gasteiger partial charge is 0.395 e. The molecule has 1 unspecified atom stereocenters. The maximum atomic E-state index is 9.02. The van der Waals surface area contributed by atoms with Crippen molar-refractivity contribution in [2.24, 2.45) is 5.92 Å². The van der Waals surface area contributed by atoms with Crippen LogP contribution in [-0.4, -0.2) is 41.1 Å². The highest BCUT2D eigenvalue weighted by Gasteiger charge is 2.24. The van der Waals surface area contributed by atoms with Crippen LogP contribution in [0.2, 0.25) is 0 Å². The van der Waals surface area contributed by atoms with Crippen LogP contribution >= 0.6 is 15.9 Å². The van der Waals surface area contributed by atoms with E-state index in [4.69, 9.17) is 5.11 Å². The van der Waals surface area contributed by atoms with Crippen molar-refractivity contribution in [1.82, 2.24) is 4.90 Å². The van der Waals surface area contributed by atoms with Gasteiger partial charge in [-0.15, -0.1) is 0 Å². The predicted octanol–water partition coefficient (Wildman–Crippen LogP) is 2.64. The molecule has 0 amide bonds. The van der Waals surface area contributed by atoms with Crippen molar-refractivity contribution < 1.29 is 5.11 Å². The molecular weight excluding hydrogens is 254 g/mol. The third-order valence-corrected chi connectivity index (χ3v) is 3.95. The van der Waals surface area contributed by atoms with Gasteiger partial charge in [0, 0.05) is 17.9 Å². The number of hydrogen-bond acceptors (Lipinski definition) is 2. The first kappa shape index (κ1) is 13.5. The summed E-state index contributed by atoms with van der Waals surface area (Å²) in [7, 11) is 0. The minimum atomic E-state index is 0.309. The second-order valence-electron chi connectivity index (χ2n) is 4.72. The van der Waals surface area contributed by atoms with Gasteiger partial charge < -0.3 is 5.11 Å². The van der Waals surface area contributed by atoms with E-state index in [0.717, 1.165) is 23.8 Å². The number of hydrogen-bond donors (Lipinski definition) is 1. The Bertz CT molecular complexity index is 162. The Kier molecular flexibility index (Phi) is 6.86. The lowest BCUT2D eigenvalue weighted by atomic mass is 9.91. The summed E-state index contributed by atoms with van der Waals surface area (Å²) >= 11 is 3.49. The first-order valence-electron chi connectivity index (χ1n) is 6.18. The van der Waals surface area contributed by atoms with Crippen molar-refractivity contribution >= 4 is 15.9 Å². The maximum Gasteiger partial charge on any atom is 0.0558 e. The molecule has 0 saturated heterocycles. The summed E-state index contributed by atoms with van der Waals surface area (Å²) in [6.07, 6.45) is 6.59. The summed E-state index contributed by atoms with van der Waals surface area (Å²) < 4.78 is 0. The molecule has 0 aromatic carbocycles. The lowest BCUT2D eigenvalue weighted by Gasteiger charge is -2.37. The quantitative estimate of drug-likeness (QED) is 0.690. The summed E-state index contributed by atoms with van der Waals surface area (Å²) in [6, 6.07) is 0.772. The van der Waals surface area contributed by atoms with Crippen LogP contribution in [0.5, 0.6) is 0 Å². The van der Waals surface area contributed by atoms with E-state index in [1.807, 2.05) is 0 Å². The topological polar surface area (TPSA) is 23.5 Å². The average molecular weight is 278 g/mol. The zero-order valence-electron chi connectivity index (χ0n) is 9.79. The Hall–Kier alpha value is 0.400. The molecule has 90 valence electrons. The lowest BCUT2D eigenvalue weighted by molar-refractivity contribution is 0.0957. The third-order valence-electron chi connectivity index (χ3n) is 3.49. The molecule has 2 nitrogen and oxygen atoms in total. The van der Waals surface area contributed by atoms with Gasteiger partial charge in [-0.2, -0.15) is 0 Å². The maximum absolute atomic E-state index is 9.02. The Morgan fingerprint density at radius 2 is 2.07 bits per heavy atom. The number of halogens is 1. The van der Waals surface area contributed by atoms with Crippen molar-refractivity contribution in [3.8, 4) is 0 Å². The summed E-state index contributed by atoms with van der Waals surface area (Å²) in [6.45, 7) is 4.66. The van der Waals surface area contributed by atoms with Crippen LogP contribution in [0.15, 0.2) is 0 Å². The number of aliphatic hydroxyl groups excluding tert-OH is 1. The van der Waals surface area contributed by atoms with E-state index in [0.29, 0.717) is 6.61 Å². The molecule has 1 atom stereocenters. The van der Waals surface area contributed by atoms with Gasteiger partial charge >= 0.3 is 0 Å². The van der Waals surface area contributed by atoms with Gasteiger partial charge in [0.2, 0.25) is 0 Å². The summed E-state index contributed by atoms with van der Waals surface area (Å²) in [5, 5.41) is 10.1. The van der Waals surface area contributed by atoms with E-state index in [9.17, 15) is 0 Å². The van der Waals surface area contributed by atoms with Gasteiger partial charge in [-0.1, -0.05) is 29.3 Å². The fourth-order valence-corrected chi connectivity index (χ4v) is 2.86. The molecule has 0 aromatic rings. The van der Waals surface area contributed by atoms with E-state index < -0.39 is 0 Å². The fourth-order valence-electron chi connectivity index (χ4n) is 2.07. The molecule has 1 aliphatic rings. The third kappa shape index (κ3) is 4.83. The van der Waals surface area contributed by atoms with Crippen LogP contribution in [0.4, 0.5) is 0 Å². The van der Waals surface area contributed by atoms with Crippen molar-refractivity contribution in [2.75, 3.05) is 25.0 Å². The van der Waals surface area contributed by atoms with Crippen molar-refractivity contribution in [3.05, 3.63) is 0 Å². The van der Waals surface area contributed by atoms with Gasteiger partial charge in [0.1, 0.15) is 0 Å². The molecule has 1 N–H and O–H groups in total. The Morgan fingerprint density at radius 1 is 1.33 bits per heavy atom.